The highest BCUT2D eigenvalue weighted by molar-refractivity contribution is 5.15. The van der Waals surface area contributed by atoms with Gasteiger partial charge in [-0.15, -0.1) is 0 Å². The lowest BCUT2D eigenvalue weighted by Gasteiger charge is -2.33. The van der Waals surface area contributed by atoms with Gasteiger partial charge in [-0.05, 0) is 13.8 Å². The van der Waals surface area contributed by atoms with Crippen LogP contribution in [0, 0.1) is 0 Å². The lowest BCUT2D eigenvalue weighted by molar-refractivity contribution is -0.105. The van der Waals surface area contributed by atoms with E-state index in [1.54, 1.807) is 13.2 Å². The number of aliphatic hydroxyl groups is 1. The lowest BCUT2D eigenvalue weighted by Crippen LogP contribution is -2.44. The Morgan fingerprint density at radius 2 is 2.29 bits per heavy atom. The molecule has 1 aliphatic rings. The van der Waals surface area contributed by atoms with E-state index in [-0.39, 0.29) is 0 Å². The molecule has 0 aromatic carbocycles. The molecule has 0 saturated carbocycles. The highest BCUT2D eigenvalue weighted by atomic mass is 16.5. The smallest absolute Gasteiger partial charge is 0.140 e. The van der Waals surface area contributed by atoms with E-state index in [1.807, 2.05) is 13.8 Å². The Morgan fingerprint density at radius 1 is 1.57 bits per heavy atom. The van der Waals surface area contributed by atoms with Crippen LogP contribution in [0.2, 0.25) is 0 Å². The van der Waals surface area contributed by atoms with E-state index in [0.717, 1.165) is 0 Å². The number of hydrogen-bond donors (Lipinski definition) is 1. The van der Waals surface area contributed by atoms with Crippen molar-refractivity contribution < 1.29 is 9.84 Å². The Balaban J connectivity index is 2.41. The van der Waals surface area contributed by atoms with E-state index in [0.29, 0.717) is 18.7 Å². The summed E-state index contributed by atoms with van der Waals surface area (Å²) in [6.07, 6.45) is 2.16. The number of ether oxygens (including phenoxy) is 1. The normalized spacial score (nSPS) is 30.9. The zero-order valence-electron chi connectivity index (χ0n) is 8.69. The van der Waals surface area contributed by atoms with Gasteiger partial charge in [0.2, 0.25) is 0 Å². The second-order valence-electron chi connectivity index (χ2n) is 4.19. The molecule has 2 rings (SSSR count). The van der Waals surface area contributed by atoms with Gasteiger partial charge in [-0.25, -0.2) is 0 Å². The molecule has 14 heavy (non-hydrogen) atoms. The Morgan fingerprint density at radius 3 is 2.71 bits per heavy atom. The fourth-order valence-corrected chi connectivity index (χ4v) is 1.85. The van der Waals surface area contributed by atoms with Crippen LogP contribution in [0.4, 0.5) is 0 Å². The highest BCUT2D eigenvalue weighted by Crippen LogP contribution is 2.42. The fraction of sp³-hybridized carbons (Fsp3) is 0.778. The molecule has 1 aromatic heterocycles. The van der Waals surface area contributed by atoms with Crippen LogP contribution in [0.5, 0.6) is 0 Å². The average Bonchev–Trinajstić information content (AvgIpc) is 2.60. The third-order valence-corrected chi connectivity index (χ3v) is 2.95. The number of hydrogen-bond acceptors (Lipinski definition) is 4. The summed E-state index contributed by atoms with van der Waals surface area (Å²) in [6, 6.07) is 0. The van der Waals surface area contributed by atoms with Crippen LogP contribution in [0.3, 0.4) is 0 Å². The minimum absolute atomic E-state index is 0.556. The molecule has 1 atom stereocenters. The third-order valence-electron chi connectivity index (χ3n) is 2.95. The monoisotopic (exact) mass is 197 g/mol. The fourth-order valence-electron chi connectivity index (χ4n) is 1.85. The summed E-state index contributed by atoms with van der Waals surface area (Å²) in [5.74, 6) is 0. The van der Waals surface area contributed by atoms with Crippen LogP contribution in [-0.2, 0) is 17.4 Å². The Hall–Kier alpha value is -0.940. The van der Waals surface area contributed by atoms with Gasteiger partial charge in [0.15, 0.2) is 0 Å². The van der Waals surface area contributed by atoms with Crippen molar-refractivity contribution in [1.82, 2.24) is 15.0 Å². The SMILES string of the molecule is Cn1ncc(C2(O)CCOC2(C)C)n1. The molecule has 1 unspecified atom stereocenters. The van der Waals surface area contributed by atoms with Gasteiger partial charge in [-0.1, -0.05) is 0 Å². The van der Waals surface area contributed by atoms with Crippen molar-refractivity contribution in [3.8, 4) is 0 Å². The van der Waals surface area contributed by atoms with E-state index in [2.05, 4.69) is 10.2 Å². The quantitative estimate of drug-likeness (QED) is 0.698. The first kappa shape index (κ1) is 9.61. The van der Waals surface area contributed by atoms with E-state index >= 15 is 0 Å². The van der Waals surface area contributed by atoms with Crippen molar-refractivity contribution in [2.75, 3.05) is 6.61 Å². The van der Waals surface area contributed by atoms with Gasteiger partial charge in [-0.2, -0.15) is 15.0 Å². The van der Waals surface area contributed by atoms with Gasteiger partial charge >= 0.3 is 0 Å². The first-order valence-electron chi connectivity index (χ1n) is 4.69. The number of aryl methyl sites for hydroxylation is 1. The molecule has 1 aromatic rings. The van der Waals surface area contributed by atoms with Gasteiger partial charge in [0, 0.05) is 13.5 Å². The number of aromatic nitrogens is 3. The maximum Gasteiger partial charge on any atom is 0.140 e. The number of nitrogens with zero attached hydrogens (tertiary/aromatic N) is 3. The third kappa shape index (κ3) is 1.16. The minimum Gasteiger partial charge on any atom is -0.380 e. The lowest BCUT2D eigenvalue weighted by atomic mass is 9.83. The Kier molecular flexibility index (Phi) is 1.90. The Labute approximate surface area is 82.7 Å². The van der Waals surface area contributed by atoms with Crippen molar-refractivity contribution in [2.24, 2.45) is 7.05 Å². The van der Waals surface area contributed by atoms with Gasteiger partial charge in [0.05, 0.1) is 18.4 Å². The van der Waals surface area contributed by atoms with Crippen LogP contribution in [0.1, 0.15) is 26.0 Å². The summed E-state index contributed by atoms with van der Waals surface area (Å²) in [7, 11) is 1.73. The molecule has 78 valence electrons. The van der Waals surface area contributed by atoms with Crippen molar-refractivity contribution in [3.63, 3.8) is 0 Å². The molecule has 1 aliphatic heterocycles. The van der Waals surface area contributed by atoms with Crippen molar-refractivity contribution in [1.29, 1.82) is 0 Å². The maximum atomic E-state index is 10.5. The van der Waals surface area contributed by atoms with Crippen LogP contribution >= 0.6 is 0 Å². The van der Waals surface area contributed by atoms with E-state index < -0.39 is 11.2 Å². The number of rotatable bonds is 1. The molecule has 1 saturated heterocycles. The molecule has 0 bridgehead atoms. The molecular formula is C9H15N3O2. The predicted molar refractivity (Wildman–Crippen MR) is 49.5 cm³/mol. The molecule has 0 spiro atoms. The maximum absolute atomic E-state index is 10.5. The van der Waals surface area contributed by atoms with E-state index in [1.165, 1.54) is 4.80 Å². The molecule has 0 radical (unpaired) electrons. The first-order valence-corrected chi connectivity index (χ1v) is 4.69. The summed E-state index contributed by atoms with van der Waals surface area (Å²) in [5.41, 5.74) is -1.02. The van der Waals surface area contributed by atoms with Gasteiger partial charge < -0.3 is 9.84 Å². The van der Waals surface area contributed by atoms with Crippen LogP contribution in [0.25, 0.3) is 0 Å². The largest absolute Gasteiger partial charge is 0.380 e. The van der Waals surface area contributed by atoms with Gasteiger partial charge in [0.25, 0.3) is 0 Å². The summed E-state index contributed by atoms with van der Waals surface area (Å²) in [5, 5.41) is 18.6. The first-order chi connectivity index (χ1) is 6.46. The van der Waals surface area contributed by atoms with Crippen LogP contribution < -0.4 is 0 Å². The van der Waals surface area contributed by atoms with E-state index in [4.69, 9.17) is 4.74 Å². The molecule has 5 nitrogen and oxygen atoms in total. The Bertz CT molecular complexity index is 348. The van der Waals surface area contributed by atoms with Gasteiger partial charge in [0.1, 0.15) is 11.3 Å². The van der Waals surface area contributed by atoms with Crippen LogP contribution in [0.15, 0.2) is 6.20 Å². The minimum atomic E-state index is -1.01. The van der Waals surface area contributed by atoms with Crippen molar-refractivity contribution in [2.45, 2.75) is 31.5 Å². The molecule has 0 amide bonds. The second-order valence-corrected chi connectivity index (χ2v) is 4.19. The molecule has 5 heteroatoms. The molecular weight excluding hydrogens is 182 g/mol. The second kappa shape index (κ2) is 2.77. The summed E-state index contributed by atoms with van der Waals surface area (Å²) in [6.45, 7) is 4.30. The standard InChI is InChI=1S/C9H15N3O2/c1-8(2)9(13,4-5-14-8)7-6-10-12(3)11-7/h6,13H,4-5H2,1-3H3. The van der Waals surface area contributed by atoms with Crippen molar-refractivity contribution in [3.05, 3.63) is 11.9 Å². The van der Waals surface area contributed by atoms with E-state index in [9.17, 15) is 5.11 Å². The predicted octanol–water partition coefficient (Wildman–Crippen LogP) is 0.202. The molecule has 0 aliphatic carbocycles. The highest BCUT2D eigenvalue weighted by Gasteiger charge is 2.52. The van der Waals surface area contributed by atoms with Crippen LogP contribution in [-0.4, -0.2) is 32.3 Å². The summed E-state index contributed by atoms with van der Waals surface area (Å²) >= 11 is 0. The molecule has 2 heterocycles. The zero-order valence-corrected chi connectivity index (χ0v) is 8.69. The zero-order chi connectivity index (χ0) is 10.4. The topological polar surface area (TPSA) is 60.2 Å². The van der Waals surface area contributed by atoms with Crippen molar-refractivity contribution >= 4 is 0 Å². The summed E-state index contributed by atoms with van der Waals surface area (Å²) < 4.78 is 5.49. The average molecular weight is 197 g/mol. The molecule has 1 N–H and O–H groups in total. The van der Waals surface area contributed by atoms with Gasteiger partial charge in [-0.3, -0.25) is 0 Å². The molecule has 1 fully saturated rings. The summed E-state index contributed by atoms with van der Waals surface area (Å²) in [4.78, 5) is 1.45.